The SMILES string of the molecule is C=CCn1c(SCc2cnn(C)c2)nnc1-c1ccccc1C. The van der Waals surface area contributed by atoms with Gasteiger partial charge in [0.05, 0.1) is 6.20 Å². The summed E-state index contributed by atoms with van der Waals surface area (Å²) in [5, 5.41) is 13.9. The van der Waals surface area contributed by atoms with E-state index in [-0.39, 0.29) is 0 Å². The molecular formula is C17H19N5S. The zero-order valence-corrected chi connectivity index (χ0v) is 14.1. The first-order chi connectivity index (χ1) is 11.2. The molecule has 0 saturated carbocycles. The number of nitrogens with zero attached hydrogens (tertiary/aromatic N) is 5. The van der Waals surface area contributed by atoms with Gasteiger partial charge >= 0.3 is 0 Å². The first-order valence-electron chi connectivity index (χ1n) is 7.39. The number of benzene rings is 1. The molecular weight excluding hydrogens is 306 g/mol. The molecule has 0 aliphatic carbocycles. The predicted molar refractivity (Wildman–Crippen MR) is 93.2 cm³/mol. The zero-order valence-electron chi connectivity index (χ0n) is 13.3. The second-order valence-electron chi connectivity index (χ2n) is 5.33. The molecule has 118 valence electrons. The minimum atomic E-state index is 0.687. The van der Waals surface area contributed by atoms with Gasteiger partial charge in [-0.3, -0.25) is 9.25 Å². The molecule has 0 spiro atoms. The first kappa shape index (κ1) is 15.6. The van der Waals surface area contributed by atoms with Gasteiger partial charge in [-0.2, -0.15) is 5.10 Å². The van der Waals surface area contributed by atoms with Crippen molar-refractivity contribution >= 4 is 11.8 Å². The van der Waals surface area contributed by atoms with Gasteiger partial charge in [0, 0.05) is 36.7 Å². The minimum absolute atomic E-state index is 0.687. The van der Waals surface area contributed by atoms with E-state index in [0.29, 0.717) is 6.54 Å². The molecule has 0 saturated heterocycles. The molecule has 0 aliphatic rings. The van der Waals surface area contributed by atoms with E-state index < -0.39 is 0 Å². The van der Waals surface area contributed by atoms with Crippen LogP contribution in [0.25, 0.3) is 11.4 Å². The van der Waals surface area contributed by atoms with Gasteiger partial charge < -0.3 is 0 Å². The Kier molecular flexibility index (Phi) is 4.62. The van der Waals surface area contributed by atoms with Crippen LogP contribution in [-0.4, -0.2) is 24.5 Å². The van der Waals surface area contributed by atoms with Crippen LogP contribution in [0.2, 0.25) is 0 Å². The van der Waals surface area contributed by atoms with E-state index in [1.807, 2.05) is 42.3 Å². The maximum absolute atomic E-state index is 4.41. The van der Waals surface area contributed by atoms with Gasteiger partial charge in [-0.1, -0.05) is 42.1 Å². The number of allylic oxidation sites excluding steroid dienone is 1. The van der Waals surface area contributed by atoms with Crippen molar-refractivity contribution in [2.24, 2.45) is 7.05 Å². The molecule has 0 unspecified atom stereocenters. The zero-order chi connectivity index (χ0) is 16.2. The van der Waals surface area contributed by atoms with Crippen molar-refractivity contribution in [3.63, 3.8) is 0 Å². The van der Waals surface area contributed by atoms with Crippen LogP contribution in [0.15, 0.2) is 54.5 Å². The summed E-state index contributed by atoms with van der Waals surface area (Å²) in [6, 6.07) is 8.22. The smallest absolute Gasteiger partial charge is 0.192 e. The molecule has 6 heteroatoms. The number of thioether (sulfide) groups is 1. The third-order valence-electron chi connectivity index (χ3n) is 3.54. The van der Waals surface area contributed by atoms with E-state index in [2.05, 4.69) is 45.5 Å². The Balaban J connectivity index is 1.89. The van der Waals surface area contributed by atoms with Crippen LogP contribution in [0, 0.1) is 6.92 Å². The molecule has 1 aromatic carbocycles. The summed E-state index contributed by atoms with van der Waals surface area (Å²) in [7, 11) is 1.92. The van der Waals surface area contributed by atoms with Crippen LogP contribution in [0.4, 0.5) is 0 Å². The molecule has 0 radical (unpaired) electrons. The standard InChI is InChI=1S/C17H19N5S/c1-4-9-22-16(15-8-6-5-7-13(15)2)19-20-17(22)23-12-14-10-18-21(3)11-14/h4-8,10-11H,1,9,12H2,2-3H3. The van der Waals surface area contributed by atoms with Gasteiger partial charge in [-0.15, -0.1) is 16.8 Å². The van der Waals surface area contributed by atoms with Crippen LogP contribution in [-0.2, 0) is 19.3 Å². The average Bonchev–Trinajstić information content (AvgIpc) is 3.13. The molecule has 5 nitrogen and oxygen atoms in total. The van der Waals surface area contributed by atoms with E-state index in [9.17, 15) is 0 Å². The van der Waals surface area contributed by atoms with Gasteiger partial charge in [0.25, 0.3) is 0 Å². The van der Waals surface area contributed by atoms with Crippen molar-refractivity contribution < 1.29 is 0 Å². The van der Waals surface area contributed by atoms with Crippen LogP contribution in [0.3, 0.4) is 0 Å². The van der Waals surface area contributed by atoms with E-state index in [1.165, 1.54) is 11.1 Å². The summed E-state index contributed by atoms with van der Waals surface area (Å²) in [6.07, 6.45) is 5.77. The largest absolute Gasteiger partial charge is 0.298 e. The van der Waals surface area contributed by atoms with Crippen molar-refractivity contribution in [3.8, 4) is 11.4 Å². The van der Waals surface area contributed by atoms with Gasteiger partial charge in [-0.05, 0) is 12.5 Å². The fraction of sp³-hybridized carbons (Fsp3) is 0.235. The van der Waals surface area contributed by atoms with Crippen molar-refractivity contribution in [2.75, 3.05) is 0 Å². The Labute approximate surface area is 140 Å². The first-order valence-corrected chi connectivity index (χ1v) is 8.38. The van der Waals surface area contributed by atoms with Gasteiger partial charge in [0.15, 0.2) is 11.0 Å². The van der Waals surface area contributed by atoms with Crippen molar-refractivity contribution in [1.82, 2.24) is 24.5 Å². The summed E-state index contributed by atoms with van der Waals surface area (Å²) < 4.78 is 3.92. The van der Waals surface area contributed by atoms with E-state index in [4.69, 9.17) is 0 Å². The average molecular weight is 325 g/mol. The van der Waals surface area contributed by atoms with Crippen molar-refractivity contribution in [1.29, 1.82) is 0 Å². The normalized spacial score (nSPS) is 10.9. The summed E-state index contributed by atoms with van der Waals surface area (Å²) in [5.74, 6) is 1.70. The van der Waals surface area contributed by atoms with Crippen LogP contribution in [0.5, 0.6) is 0 Å². The highest BCUT2D eigenvalue weighted by Gasteiger charge is 2.15. The lowest BCUT2D eigenvalue weighted by Crippen LogP contribution is -2.01. The summed E-state index contributed by atoms with van der Waals surface area (Å²) >= 11 is 1.66. The molecule has 3 aromatic rings. The number of hydrogen-bond acceptors (Lipinski definition) is 4. The highest BCUT2D eigenvalue weighted by Crippen LogP contribution is 2.27. The van der Waals surface area contributed by atoms with Crippen LogP contribution in [0.1, 0.15) is 11.1 Å². The molecule has 0 N–H and O–H groups in total. The molecule has 0 bridgehead atoms. The summed E-state index contributed by atoms with van der Waals surface area (Å²) in [6.45, 7) is 6.63. The fourth-order valence-corrected chi connectivity index (χ4v) is 3.27. The Bertz CT molecular complexity index is 818. The number of aryl methyl sites for hydroxylation is 2. The number of hydrogen-bond donors (Lipinski definition) is 0. The minimum Gasteiger partial charge on any atom is -0.298 e. The summed E-state index contributed by atoms with van der Waals surface area (Å²) in [5.41, 5.74) is 3.46. The molecule has 3 rings (SSSR count). The third kappa shape index (κ3) is 3.37. The van der Waals surface area contributed by atoms with E-state index in [0.717, 1.165) is 22.3 Å². The van der Waals surface area contributed by atoms with Crippen molar-refractivity contribution in [2.45, 2.75) is 24.4 Å². The van der Waals surface area contributed by atoms with Crippen LogP contribution < -0.4 is 0 Å². The number of aromatic nitrogens is 5. The third-order valence-corrected chi connectivity index (χ3v) is 4.58. The van der Waals surface area contributed by atoms with E-state index in [1.54, 1.807) is 11.8 Å². The Morgan fingerprint density at radius 3 is 2.78 bits per heavy atom. The maximum Gasteiger partial charge on any atom is 0.192 e. The molecule has 23 heavy (non-hydrogen) atoms. The molecule has 0 fully saturated rings. The monoisotopic (exact) mass is 325 g/mol. The fourth-order valence-electron chi connectivity index (χ4n) is 2.41. The van der Waals surface area contributed by atoms with Gasteiger partial charge in [0.2, 0.25) is 0 Å². The van der Waals surface area contributed by atoms with Crippen LogP contribution >= 0.6 is 11.8 Å². The molecule has 2 aromatic heterocycles. The van der Waals surface area contributed by atoms with Gasteiger partial charge in [-0.25, -0.2) is 0 Å². The lowest BCUT2D eigenvalue weighted by atomic mass is 10.1. The Hall–Kier alpha value is -2.34. The Morgan fingerprint density at radius 2 is 2.09 bits per heavy atom. The number of rotatable bonds is 6. The van der Waals surface area contributed by atoms with Crippen molar-refractivity contribution in [3.05, 3.63) is 60.4 Å². The highest BCUT2D eigenvalue weighted by molar-refractivity contribution is 7.98. The molecule has 2 heterocycles. The quantitative estimate of drug-likeness (QED) is 0.514. The maximum atomic E-state index is 4.41. The molecule has 0 atom stereocenters. The highest BCUT2D eigenvalue weighted by atomic mass is 32.2. The lowest BCUT2D eigenvalue weighted by Gasteiger charge is -2.09. The lowest BCUT2D eigenvalue weighted by molar-refractivity contribution is 0.730. The topological polar surface area (TPSA) is 48.5 Å². The Morgan fingerprint density at radius 1 is 1.26 bits per heavy atom. The summed E-state index contributed by atoms with van der Waals surface area (Å²) in [4.78, 5) is 0. The molecule has 0 amide bonds. The predicted octanol–water partition coefficient (Wildman–Crippen LogP) is 3.47. The van der Waals surface area contributed by atoms with E-state index >= 15 is 0 Å². The second kappa shape index (κ2) is 6.83. The molecule has 0 aliphatic heterocycles. The second-order valence-corrected chi connectivity index (χ2v) is 6.27. The van der Waals surface area contributed by atoms with Gasteiger partial charge in [0.1, 0.15) is 0 Å².